The molecular weight excluding hydrogens is 300 g/mol. The van der Waals surface area contributed by atoms with Crippen molar-refractivity contribution in [1.29, 1.82) is 0 Å². The van der Waals surface area contributed by atoms with Crippen LogP contribution in [0.2, 0.25) is 0 Å². The molecule has 1 amide bonds. The minimum atomic E-state index is 0.0638. The van der Waals surface area contributed by atoms with Gasteiger partial charge < -0.3 is 10.2 Å². The maximum Gasteiger partial charge on any atom is 0.240 e. The summed E-state index contributed by atoms with van der Waals surface area (Å²) in [5.74, 6) is 2.23. The van der Waals surface area contributed by atoms with Crippen molar-refractivity contribution < 1.29 is 4.79 Å². The summed E-state index contributed by atoms with van der Waals surface area (Å²) >= 11 is 3.64. The van der Waals surface area contributed by atoms with Gasteiger partial charge in [0.05, 0.1) is 0 Å². The molecule has 0 spiro atoms. The van der Waals surface area contributed by atoms with Crippen LogP contribution in [0.1, 0.15) is 35.0 Å². The van der Waals surface area contributed by atoms with E-state index in [2.05, 4.69) is 21.7 Å². The van der Waals surface area contributed by atoms with Gasteiger partial charge in [-0.3, -0.25) is 4.79 Å². The molecule has 5 heteroatoms. The topological polar surface area (TPSA) is 32.3 Å². The number of thiophene rings is 1. The Balaban J connectivity index is 1.58. The molecule has 3 rings (SSSR count). The first kappa shape index (κ1) is 15.4. The molecule has 0 saturated carbocycles. The SMILES string of the molecule is CNCCC1CCN(C(=O)C2SCCc3sccc32)CC1. The number of carbonyl (C=O) groups excluding carboxylic acids is 1. The summed E-state index contributed by atoms with van der Waals surface area (Å²) in [6.07, 6.45) is 4.71. The molecule has 1 atom stereocenters. The first-order chi connectivity index (χ1) is 10.3. The Kier molecular flexibility index (Phi) is 5.24. The highest BCUT2D eigenvalue weighted by Gasteiger charge is 2.32. The Bertz CT molecular complexity index is 480. The van der Waals surface area contributed by atoms with Gasteiger partial charge in [0, 0.05) is 18.0 Å². The molecule has 1 saturated heterocycles. The van der Waals surface area contributed by atoms with E-state index in [0.717, 1.165) is 37.7 Å². The second-order valence-corrected chi connectivity index (χ2v) is 8.17. The van der Waals surface area contributed by atoms with Gasteiger partial charge in [-0.2, -0.15) is 0 Å². The third-order valence-corrected chi connectivity index (χ3v) is 6.85. The largest absolute Gasteiger partial charge is 0.341 e. The summed E-state index contributed by atoms with van der Waals surface area (Å²) in [5.41, 5.74) is 1.29. The fourth-order valence-electron chi connectivity index (χ4n) is 3.31. The maximum absolute atomic E-state index is 12.8. The van der Waals surface area contributed by atoms with Gasteiger partial charge in [-0.1, -0.05) is 0 Å². The van der Waals surface area contributed by atoms with Crippen LogP contribution in [-0.2, 0) is 11.2 Å². The van der Waals surface area contributed by atoms with Gasteiger partial charge in [-0.15, -0.1) is 23.1 Å². The molecule has 1 aromatic rings. The lowest BCUT2D eigenvalue weighted by molar-refractivity contribution is -0.132. The van der Waals surface area contributed by atoms with Gasteiger partial charge in [0.15, 0.2) is 0 Å². The predicted molar refractivity (Wildman–Crippen MR) is 91.1 cm³/mol. The lowest BCUT2D eigenvalue weighted by Gasteiger charge is -2.35. The maximum atomic E-state index is 12.8. The van der Waals surface area contributed by atoms with Crippen LogP contribution in [0.3, 0.4) is 0 Å². The molecule has 2 aliphatic heterocycles. The molecule has 0 radical (unpaired) electrons. The van der Waals surface area contributed by atoms with Crippen LogP contribution in [0.4, 0.5) is 0 Å². The number of hydrogen-bond acceptors (Lipinski definition) is 4. The van der Waals surface area contributed by atoms with Gasteiger partial charge in [-0.05, 0) is 68.0 Å². The van der Waals surface area contributed by atoms with Gasteiger partial charge in [0.25, 0.3) is 0 Å². The Hall–Kier alpha value is -0.520. The molecule has 2 aliphatic rings. The number of thioether (sulfide) groups is 1. The summed E-state index contributed by atoms with van der Waals surface area (Å²) in [6, 6.07) is 2.16. The van der Waals surface area contributed by atoms with Crippen LogP contribution in [0, 0.1) is 5.92 Å². The molecule has 1 unspecified atom stereocenters. The highest BCUT2D eigenvalue weighted by molar-refractivity contribution is 8.00. The summed E-state index contributed by atoms with van der Waals surface area (Å²) in [5, 5.41) is 5.43. The Morgan fingerprint density at radius 2 is 2.24 bits per heavy atom. The van der Waals surface area contributed by atoms with E-state index in [1.807, 2.05) is 30.1 Å². The minimum absolute atomic E-state index is 0.0638. The minimum Gasteiger partial charge on any atom is -0.341 e. The normalized spacial score (nSPS) is 23.1. The number of fused-ring (bicyclic) bond motifs is 1. The molecule has 0 bridgehead atoms. The van der Waals surface area contributed by atoms with E-state index >= 15 is 0 Å². The van der Waals surface area contributed by atoms with Crippen LogP contribution in [-0.4, -0.2) is 43.2 Å². The smallest absolute Gasteiger partial charge is 0.240 e. The summed E-state index contributed by atoms with van der Waals surface area (Å²) in [4.78, 5) is 16.4. The van der Waals surface area contributed by atoms with Crippen LogP contribution in [0.15, 0.2) is 11.4 Å². The van der Waals surface area contributed by atoms with E-state index in [1.54, 1.807) is 0 Å². The van der Waals surface area contributed by atoms with Crippen LogP contribution in [0.5, 0.6) is 0 Å². The van der Waals surface area contributed by atoms with E-state index in [9.17, 15) is 4.79 Å². The summed E-state index contributed by atoms with van der Waals surface area (Å²) < 4.78 is 0. The second-order valence-electron chi connectivity index (χ2n) is 5.96. The Labute approximate surface area is 135 Å². The average Bonchev–Trinajstić information content (AvgIpc) is 3.01. The van der Waals surface area contributed by atoms with E-state index in [-0.39, 0.29) is 5.25 Å². The zero-order chi connectivity index (χ0) is 14.7. The van der Waals surface area contributed by atoms with Gasteiger partial charge in [0.1, 0.15) is 5.25 Å². The molecule has 116 valence electrons. The zero-order valence-corrected chi connectivity index (χ0v) is 14.3. The number of aryl methyl sites for hydroxylation is 1. The molecule has 1 aromatic heterocycles. The fourth-order valence-corrected chi connectivity index (χ4v) is 5.68. The van der Waals surface area contributed by atoms with E-state index in [0.29, 0.717) is 5.91 Å². The highest BCUT2D eigenvalue weighted by Crippen LogP contribution is 2.41. The van der Waals surface area contributed by atoms with Gasteiger partial charge in [0.2, 0.25) is 5.91 Å². The summed E-state index contributed by atoms with van der Waals surface area (Å²) in [7, 11) is 2.01. The third kappa shape index (κ3) is 3.46. The number of carbonyl (C=O) groups is 1. The van der Waals surface area contributed by atoms with Crippen molar-refractivity contribution in [3.63, 3.8) is 0 Å². The monoisotopic (exact) mass is 324 g/mol. The number of likely N-dealkylation sites (tertiary alicyclic amines) is 1. The van der Waals surface area contributed by atoms with Crippen LogP contribution in [0.25, 0.3) is 0 Å². The van der Waals surface area contributed by atoms with Crippen molar-refractivity contribution in [2.45, 2.75) is 30.9 Å². The van der Waals surface area contributed by atoms with Crippen LogP contribution < -0.4 is 5.32 Å². The molecule has 3 heterocycles. The molecule has 21 heavy (non-hydrogen) atoms. The number of amides is 1. The zero-order valence-electron chi connectivity index (χ0n) is 12.6. The average molecular weight is 325 g/mol. The molecule has 0 aromatic carbocycles. The first-order valence-corrected chi connectivity index (χ1v) is 9.83. The van der Waals surface area contributed by atoms with E-state index < -0.39 is 0 Å². The van der Waals surface area contributed by atoms with Crippen molar-refractivity contribution in [1.82, 2.24) is 10.2 Å². The Morgan fingerprint density at radius 3 is 3.00 bits per heavy atom. The summed E-state index contributed by atoms with van der Waals surface area (Å²) in [6.45, 7) is 2.99. The van der Waals surface area contributed by atoms with Crippen molar-refractivity contribution in [2.24, 2.45) is 5.92 Å². The molecule has 1 fully saturated rings. The fraction of sp³-hybridized carbons (Fsp3) is 0.688. The lowest BCUT2D eigenvalue weighted by atomic mass is 9.93. The van der Waals surface area contributed by atoms with Crippen LogP contribution >= 0.6 is 23.1 Å². The van der Waals surface area contributed by atoms with Gasteiger partial charge >= 0.3 is 0 Å². The number of nitrogens with zero attached hydrogens (tertiary/aromatic N) is 1. The number of piperidine rings is 1. The van der Waals surface area contributed by atoms with E-state index in [1.165, 1.54) is 29.7 Å². The third-order valence-electron chi connectivity index (χ3n) is 4.63. The van der Waals surface area contributed by atoms with Crippen molar-refractivity contribution in [2.75, 3.05) is 32.4 Å². The predicted octanol–water partition coefficient (Wildman–Crippen LogP) is 2.93. The van der Waals surface area contributed by atoms with Crippen molar-refractivity contribution in [3.05, 3.63) is 21.9 Å². The second kappa shape index (κ2) is 7.16. The Morgan fingerprint density at radius 1 is 1.43 bits per heavy atom. The van der Waals surface area contributed by atoms with Crippen molar-refractivity contribution >= 4 is 29.0 Å². The lowest BCUT2D eigenvalue weighted by Crippen LogP contribution is -2.41. The quantitative estimate of drug-likeness (QED) is 0.924. The molecule has 0 aliphatic carbocycles. The highest BCUT2D eigenvalue weighted by atomic mass is 32.2. The van der Waals surface area contributed by atoms with Crippen molar-refractivity contribution in [3.8, 4) is 0 Å². The molecular formula is C16H24N2OS2. The van der Waals surface area contributed by atoms with Gasteiger partial charge in [-0.25, -0.2) is 0 Å². The first-order valence-electron chi connectivity index (χ1n) is 7.91. The van der Waals surface area contributed by atoms with E-state index in [4.69, 9.17) is 0 Å². The molecule has 1 N–H and O–H groups in total. The number of nitrogens with one attached hydrogen (secondary N) is 1. The molecule has 3 nitrogen and oxygen atoms in total. The number of hydrogen-bond donors (Lipinski definition) is 1. The standard InChI is InChI=1S/C16H24N2OS2/c1-17-7-2-12-3-8-18(9-4-12)16(19)15-13-5-10-20-14(13)6-11-21-15/h5,10,12,15,17H,2-4,6-9,11H2,1H3. The number of rotatable bonds is 4.